The number of nitrogens with one attached hydrogen (secondary N) is 2. The van der Waals surface area contributed by atoms with Crippen molar-refractivity contribution in [1.82, 2.24) is 10.6 Å². The largest absolute Gasteiger partial charge is 0.391 e. The summed E-state index contributed by atoms with van der Waals surface area (Å²) in [6.45, 7) is 1.77. The van der Waals surface area contributed by atoms with Crippen LogP contribution >= 0.6 is 0 Å². The van der Waals surface area contributed by atoms with E-state index in [0.717, 1.165) is 38.3 Å². The van der Waals surface area contributed by atoms with Gasteiger partial charge >= 0.3 is 0 Å². The fourth-order valence-corrected chi connectivity index (χ4v) is 2.13. The summed E-state index contributed by atoms with van der Waals surface area (Å²) in [5.74, 6) is 0.871. The molecule has 4 heteroatoms. The van der Waals surface area contributed by atoms with E-state index >= 15 is 0 Å². The fourth-order valence-electron chi connectivity index (χ4n) is 2.13. The van der Waals surface area contributed by atoms with Crippen molar-refractivity contribution in [3.05, 3.63) is 0 Å². The molecule has 0 aromatic heterocycles. The topological polar surface area (TPSA) is 56.6 Å². The van der Waals surface area contributed by atoms with Gasteiger partial charge < -0.3 is 15.7 Å². The summed E-state index contributed by atoms with van der Waals surface area (Å²) in [5.41, 5.74) is 0. The summed E-state index contributed by atoms with van der Waals surface area (Å²) in [7, 11) is 0. The first kappa shape index (κ1) is 9.77. The number of aliphatic imine (C=N–C) groups is 1. The van der Waals surface area contributed by atoms with Crippen molar-refractivity contribution in [3.8, 4) is 0 Å². The third kappa shape index (κ3) is 2.38. The van der Waals surface area contributed by atoms with Gasteiger partial charge in [0.15, 0.2) is 5.96 Å². The van der Waals surface area contributed by atoms with Crippen LogP contribution in [-0.4, -0.2) is 36.3 Å². The Labute approximate surface area is 84.8 Å². The Bertz CT molecular complexity index is 217. The van der Waals surface area contributed by atoms with Crippen molar-refractivity contribution in [2.45, 2.75) is 44.2 Å². The van der Waals surface area contributed by atoms with Crippen LogP contribution in [0.25, 0.3) is 0 Å². The maximum atomic E-state index is 9.86. The van der Waals surface area contributed by atoms with E-state index in [2.05, 4.69) is 15.6 Å². The Morgan fingerprint density at radius 1 is 1.29 bits per heavy atom. The van der Waals surface area contributed by atoms with Crippen LogP contribution in [0.2, 0.25) is 0 Å². The van der Waals surface area contributed by atoms with E-state index in [0.29, 0.717) is 0 Å². The third-order valence-corrected chi connectivity index (χ3v) is 2.98. The molecule has 2 rings (SSSR count). The highest BCUT2D eigenvalue weighted by Gasteiger charge is 2.22. The molecule has 3 N–H and O–H groups in total. The summed E-state index contributed by atoms with van der Waals surface area (Å²) in [6.07, 6.45) is 5.38. The summed E-state index contributed by atoms with van der Waals surface area (Å²) >= 11 is 0. The van der Waals surface area contributed by atoms with Gasteiger partial charge in [0.1, 0.15) is 0 Å². The predicted octanol–water partition coefficient (Wildman–Crippen LogP) is 0.229. The van der Waals surface area contributed by atoms with Crippen molar-refractivity contribution < 1.29 is 5.11 Å². The molecule has 1 aliphatic heterocycles. The van der Waals surface area contributed by atoms with Crippen LogP contribution < -0.4 is 10.6 Å². The molecule has 1 fully saturated rings. The van der Waals surface area contributed by atoms with E-state index in [1.54, 1.807) is 0 Å². The van der Waals surface area contributed by atoms with Gasteiger partial charge in [-0.2, -0.15) is 0 Å². The van der Waals surface area contributed by atoms with Crippen LogP contribution in [0.3, 0.4) is 0 Å². The first-order chi connectivity index (χ1) is 6.86. The van der Waals surface area contributed by atoms with Crippen LogP contribution in [0.4, 0.5) is 0 Å². The zero-order valence-electron chi connectivity index (χ0n) is 8.50. The smallest absolute Gasteiger partial charge is 0.191 e. The Kier molecular flexibility index (Phi) is 3.24. The van der Waals surface area contributed by atoms with Crippen LogP contribution in [0, 0.1) is 0 Å². The summed E-state index contributed by atoms with van der Waals surface area (Å²) < 4.78 is 0. The van der Waals surface area contributed by atoms with Crippen LogP contribution in [0.15, 0.2) is 4.99 Å². The monoisotopic (exact) mass is 197 g/mol. The lowest BCUT2D eigenvalue weighted by Crippen LogP contribution is -2.46. The molecule has 1 saturated carbocycles. The van der Waals surface area contributed by atoms with Crippen LogP contribution in [-0.2, 0) is 0 Å². The zero-order chi connectivity index (χ0) is 9.80. The van der Waals surface area contributed by atoms with Crippen molar-refractivity contribution in [1.29, 1.82) is 0 Å². The molecule has 2 aliphatic rings. The van der Waals surface area contributed by atoms with E-state index in [9.17, 15) is 5.11 Å². The normalized spacial score (nSPS) is 33.1. The summed E-state index contributed by atoms with van der Waals surface area (Å²) in [5, 5.41) is 16.3. The maximum Gasteiger partial charge on any atom is 0.191 e. The van der Waals surface area contributed by atoms with E-state index in [4.69, 9.17) is 0 Å². The maximum absolute atomic E-state index is 9.86. The molecule has 0 spiro atoms. The van der Waals surface area contributed by atoms with Gasteiger partial charge in [0, 0.05) is 6.54 Å². The second-order valence-corrected chi connectivity index (χ2v) is 4.11. The second-order valence-electron chi connectivity index (χ2n) is 4.11. The lowest BCUT2D eigenvalue weighted by atomic mass is 10.1. The molecule has 0 radical (unpaired) electrons. The molecule has 4 nitrogen and oxygen atoms in total. The quantitative estimate of drug-likeness (QED) is 0.527. The van der Waals surface area contributed by atoms with Crippen molar-refractivity contribution >= 4 is 5.96 Å². The minimum Gasteiger partial charge on any atom is -0.391 e. The Morgan fingerprint density at radius 3 is 2.93 bits per heavy atom. The first-order valence-corrected chi connectivity index (χ1v) is 5.59. The molecule has 2 unspecified atom stereocenters. The molecule has 0 aromatic rings. The van der Waals surface area contributed by atoms with E-state index < -0.39 is 0 Å². The van der Waals surface area contributed by atoms with Gasteiger partial charge in [-0.1, -0.05) is 19.3 Å². The van der Waals surface area contributed by atoms with Gasteiger partial charge in [0.2, 0.25) is 0 Å². The second kappa shape index (κ2) is 4.64. The van der Waals surface area contributed by atoms with E-state index in [1.165, 1.54) is 12.8 Å². The molecule has 1 aliphatic carbocycles. The van der Waals surface area contributed by atoms with E-state index in [-0.39, 0.29) is 12.1 Å². The number of aliphatic hydroxyl groups excluding tert-OH is 1. The Balaban J connectivity index is 1.87. The first-order valence-electron chi connectivity index (χ1n) is 5.59. The lowest BCUT2D eigenvalue weighted by molar-refractivity contribution is 0.128. The van der Waals surface area contributed by atoms with E-state index in [1.807, 2.05) is 0 Å². The molecule has 0 saturated heterocycles. The van der Waals surface area contributed by atoms with Gasteiger partial charge in [-0.05, 0) is 12.8 Å². The zero-order valence-corrected chi connectivity index (χ0v) is 8.50. The van der Waals surface area contributed by atoms with Crippen molar-refractivity contribution in [2.75, 3.05) is 13.1 Å². The van der Waals surface area contributed by atoms with Gasteiger partial charge in [-0.3, -0.25) is 4.99 Å². The SMILES string of the molecule is OC1CCCCCC1NC1=NCCN1. The Morgan fingerprint density at radius 2 is 2.14 bits per heavy atom. The van der Waals surface area contributed by atoms with Crippen LogP contribution in [0.1, 0.15) is 32.1 Å². The van der Waals surface area contributed by atoms with Gasteiger partial charge in [-0.25, -0.2) is 0 Å². The van der Waals surface area contributed by atoms with Gasteiger partial charge in [-0.15, -0.1) is 0 Å². The number of hydrogen-bond donors (Lipinski definition) is 3. The average Bonchev–Trinajstić information content (AvgIpc) is 2.60. The molecular formula is C10H19N3O. The number of nitrogens with zero attached hydrogens (tertiary/aromatic N) is 1. The third-order valence-electron chi connectivity index (χ3n) is 2.98. The number of hydrogen-bond acceptors (Lipinski definition) is 4. The molecular weight excluding hydrogens is 178 g/mol. The molecule has 1 heterocycles. The highest BCUT2D eigenvalue weighted by Crippen LogP contribution is 2.17. The highest BCUT2D eigenvalue weighted by atomic mass is 16.3. The van der Waals surface area contributed by atoms with Crippen LogP contribution in [0.5, 0.6) is 0 Å². The highest BCUT2D eigenvalue weighted by molar-refractivity contribution is 5.81. The standard InChI is InChI=1S/C10H19N3O/c14-9-5-3-1-2-4-8(9)13-10-11-6-7-12-10/h8-9,14H,1-7H2,(H2,11,12,13). The molecule has 14 heavy (non-hydrogen) atoms. The average molecular weight is 197 g/mol. The molecule has 0 amide bonds. The molecule has 0 aromatic carbocycles. The number of aliphatic hydroxyl groups is 1. The molecule has 80 valence electrons. The van der Waals surface area contributed by atoms with Gasteiger partial charge in [0.05, 0.1) is 18.7 Å². The van der Waals surface area contributed by atoms with Gasteiger partial charge in [0.25, 0.3) is 0 Å². The summed E-state index contributed by atoms with van der Waals surface area (Å²) in [6, 6.07) is 0.196. The number of rotatable bonds is 1. The lowest BCUT2D eigenvalue weighted by Gasteiger charge is -2.22. The number of guanidine groups is 1. The minimum absolute atomic E-state index is 0.196. The fraction of sp³-hybridized carbons (Fsp3) is 0.900. The summed E-state index contributed by atoms with van der Waals surface area (Å²) in [4.78, 5) is 4.28. The Hall–Kier alpha value is -0.770. The molecule has 2 atom stereocenters. The predicted molar refractivity (Wildman–Crippen MR) is 56.3 cm³/mol. The minimum atomic E-state index is -0.206. The van der Waals surface area contributed by atoms with Crippen molar-refractivity contribution in [3.63, 3.8) is 0 Å². The molecule has 0 bridgehead atoms. The van der Waals surface area contributed by atoms with Crippen molar-refractivity contribution in [2.24, 2.45) is 4.99 Å².